The molecule has 0 unspecified atom stereocenters. The van der Waals surface area contributed by atoms with Crippen LogP contribution in [-0.2, 0) is 0 Å². The van der Waals surface area contributed by atoms with E-state index in [1.807, 2.05) is 43.1 Å². The molecule has 1 aromatic heterocycles. The van der Waals surface area contributed by atoms with Crippen LogP contribution in [0.2, 0.25) is 0 Å². The number of anilines is 2. The van der Waals surface area contributed by atoms with Crippen molar-refractivity contribution in [2.45, 2.75) is 6.92 Å². The Balaban J connectivity index is 2.30. The van der Waals surface area contributed by atoms with Gasteiger partial charge in [0.25, 0.3) is 0 Å². The summed E-state index contributed by atoms with van der Waals surface area (Å²) >= 11 is 0. The molecule has 0 radical (unpaired) electrons. The van der Waals surface area contributed by atoms with E-state index in [1.165, 1.54) is 11.8 Å². The summed E-state index contributed by atoms with van der Waals surface area (Å²) in [6.45, 7) is 2.04. The van der Waals surface area contributed by atoms with Gasteiger partial charge >= 0.3 is 0 Å². The van der Waals surface area contributed by atoms with Gasteiger partial charge in [0.05, 0.1) is 12.4 Å². The molecule has 1 heterocycles. The zero-order valence-corrected chi connectivity index (χ0v) is 9.75. The third-order valence-corrected chi connectivity index (χ3v) is 2.49. The topological polar surface area (TPSA) is 52.8 Å². The van der Waals surface area contributed by atoms with Gasteiger partial charge in [-0.25, -0.2) is 9.97 Å². The number of benzene rings is 1. The second kappa shape index (κ2) is 4.62. The van der Waals surface area contributed by atoms with Crippen LogP contribution < -0.4 is 4.90 Å². The Morgan fingerprint density at radius 1 is 1.24 bits per heavy atom. The van der Waals surface area contributed by atoms with Gasteiger partial charge in [-0.3, -0.25) is 0 Å². The average molecular weight is 224 g/mol. The molecule has 84 valence electrons. The zero-order valence-electron chi connectivity index (χ0n) is 9.75. The van der Waals surface area contributed by atoms with Crippen LogP contribution in [-0.4, -0.2) is 17.0 Å². The quantitative estimate of drug-likeness (QED) is 0.786. The highest BCUT2D eigenvalue weighted by Crippen LogP contribution is 2.21. The first-order valence-electron chi connectivity index (χ1n) is 5.23. The number of hydrogen-bond acceptors (Lipinski definition) is 4. The Kier molecular flexibility index (Phi) is 3.01. The van der Waals surface area contributed by atoms with Gasteiger partial charge in [-0.15, -0.1) is 0 Å². The van der Waals surface area contributed by atoms with Gasteiger partial charge in [0.1, 0.15) is 6.07 Å². The fraction of sp³-hybridized carbons (Fsp3) is 0.154. The van der Waals surface area contributed by atoms with Gasteiger partial charge in [-0.2, -0.15) is 5.26 Å². The first-order valence-corrected chi connectivity index (χ1v) is 5.23. The van der Waals surface area contributed by atoms with E-state index in [1.54, 1.807) is 6.20 Å². The van der Waals surface area contributed by atoms with Crippen LogP contribution in [0.25, 0.3) is 0 Å². The van der Waals surface area contributed by atoms with Crippen LogP contribution in [0.5, 0.6) is 0 Å². The molecule has 2 rings (SSSR count). The predicted octanol–water partition coefficient (Wildman–Crippen LogP) is 2.42. The van der Waals surface area contributed by atoms with Crippen molar-refractivity contribution in [3.05, 3.63) is 47.9 Å². The van der Waals surface area contributed by atoms with Crippen LogP contribution >= 0.6 is 0 Å². The van der Waals surface area contributed by atoms with Crippen molar-refractivity contribution in [3.63, 3.8) is 0 Å². The summed E-state index contributed by atoms with van der Waals surface area (Å²) in [4.78, 5) is 10.1. The van der Waals surface area contributed by atoms with Crippen molar-refractivity contribution < 1.29 is 0 Å². The van der Waals surface area contributed by atoms with Gasteiger partial charge in [0.15, 0.2) is 11.5 Å². The number of nitrogens with zero attached hydrogens (tertiary/aromatic N) is 4. The average Bonchev–Trinajstić information content (AvgIpc) is 2.38. The second-order valence-corrected chi connectivity index (χ2v) is 3.77. The molecular weight excluding hydrogens is 212 g/mol. The minimum absolute atomic E-state index is 0.325. The third-order valence-electron chi connectivity index (χ3n) is 2.49. The highest BCUT2D eigenvalue weighted by atomic mass is 15.2. The van der Waals surface area contributed by atoms with E-state index in [2.05, 4.69) is 16.0 Å². The lowest BCUT2D eigenvalue weighted by atomic mass is 10.2. The predicted molar refractivity (Wildman–Crippen MR) is 66.0 cm³/mol. The Labute approximate surface area is 100 Å². The standard InChI is InChI=1S/C13H12N4/c1-10-4-3-5-12(6-10)17(2)13-9-15-11(7-14)8-16-13/h3-6,8-9H,1-2H3. The lowest BCUT2D eigenvalue weighted by Gasteiger charge is -2.18. The summed E-state index contributed by atoms with van der Waals surface area (Å²) in [6.07, 6.45) is 3.07. The van der Waals surface area contributed by atoms with E-state index in [0.29, 0.717) is 5.69 Å². The van der Waals surface area contributed by atoms with Crippen molar-refractivity contribution in [3.8, 4) is 6.07 Å². The first-order chi connectivity index (χ1) is 8.20. The van der Waals surface area contributed by atoms with Crippen LogP contribution in [0.1, 0.15) is 11.3 Å². The fourth-order valence-electron chi connectivity index (χ4n) is 1.52. The molecule has 0 saturated carbocycles. The smallest absolute Gasteiger partial charge is 0.158 e. The van der Waals surface area contributed by atoms with Gasteiger partial charge in [-0.05, 0) is 24.6 Å². The molecule has 0 aliphatic heterocycles. The van der Waals surface area contributed by atoms with E-state index in [0.717, 1.165) is 11.5 Å². The molecule has 4 nitrogen and oxygen atoms in total. The van der Waals surface area contributed by atoms with E-state index in [-0.39, 0.29) is 0 Å². The van der Waals surface area contributed by atoms with Crippen molar-refractivity contribution >= 4 is 11.5 Å². The molecule has 0 N–H and O–H groups in total. The molecule has 0 aliphatic carbocycles. The van der Waals surface area contributed by atoms with E-state index in [9.17, 15) is 0 Å². The van der Waals surface area contributed by atoms with Crippen molar-refractivity contribution in [1.29, 1.82) is 5.26 Å². The molecule has 0 fully saturated rings. The minimum Gasteiger partial charge on any atom is -0.328 e. The molecule has 1 aromatic carbocycles. The normalized spacial score (nSPS) is 9.71. The maximum Gasteiger partial charge on any atom is 0.158 e. The van der Waals surface area contributed by atoms with Gasteiger partial charge in [-0.1, -0.05) is 12.1 Å². The molecule has 0 aliphatic rings. The molecule has 4 heteroatoms. The Morgan fingerprint density at radius 3 is 2.65 bits per heavy atom. The number of nitriles is 1. The lowest BCUT2D eigenvalue weighted by Crippen LogP contribution is -2.11. The second-order valence-electron chi connectivity index (χ2n) is 3.77. The summed E-state index contributed by atoms with van der Waals surface area (Å²) in [7, 11) is 1.92. The van der Waals surface area contributed by atoms with Crippen molar-refractivity contribution in [2.24, 2.45) is 0 Å². The van der Waals surface area contributed by atoms with E-state index >= 15 is 0 Å². The molecule has 0 amide bonds. The summed E-state index contributed by atoms with van der Waals surface area (Å²) < 4.78 is 0. The van der Waals surface area contributed by atoms with E-state index < -0.39 is 0 Å². The third kappa shape index (κ3) is 2.40. The first kappa shape index (κ1) is 11.1. The lowest BCUT2D eigenvalue weighted by molar-refractivity contribution is 1.07. The highest BCUT2D eigenvalue weighted by Gasteiger charge is 2.05. The Bertz CT molecular complexity index is 554. The minimum atomic E-state index is 0.325. The van der Waals surface area contributed by atoms with Gasteiger partial charge in [0, 0.05) is 12.7 Å². The maximum atomic E-state index is 8.65. The molecule has 0 atom stereocenters. The zero-order chi connectivity index (χ0) is 12.3. The number of aromatic nitrogens is 2. The summed E-state index contributed by atoms with van der Waals surface area (Å²) in [5.74, 6) is 0.717. The number of hydrogen-bond donors (Lipinski definition) is 0. The molecule has 2 aromatic rings. The summed E-state index contributed by atoms with van der Waals surface area (Å²) in [6, 6.07) is 10.1. The van der Waals surface area contributed by atoms with E-state index in [4.69, 9.17) is 5.26 Å². The van der Waals surface area contributed by atoms with Crippen LogP contribution in [0.4, 0.5) is 11.5 Å². The Morgan fingerprint density at radius 2 is 2.06 bits per heavy atom. The van der Waals surface area contributed by atoms with Crippen molar-refractivity contribution in [1.82, 2.24) is 9.97 Å². The molecular formula is C13H12N4. The van der Waals surface area contributed by atoms with Crippen LogP contribution in [0.15, 0.2) is 36.7 Å². The molecule has 17 heavy (non-hydrogen) atoms. The fourth-order valence-corrected chi connectivity index (χ4v) is 1.52. The monoisotopic (exact) mass is 224 g/mol. The van der Waals surface area contributed by atoms with Crippen LogP contribution in [0.3, 0.4) is 0 Å². The SMILES string of the molecule is Cc1cccc(N(C)c2cnc(C#N)cn2)c1. The summed E-state index contributed by atoms with van der Waals surface area (Å²) in [5.41, 5.74) is 2.56. The van der Waals surface area contributed by atoms with Gasteiger partial charge in [0.2, 0.25) is 0 Å². The van der Waals surface area contributed by atoms with Crippen molar-refractivity contribution in [2.75, 3.05) is 11.9 Å². The van der Waals surface area contributed by atoms with Gasteiger partial charge < -0.3 is 4.90 Å². The highest BCUT2D eigenvalue weighted by molar-refractivity contribution is 5.59. The summed E-state index contributed by atoms with van der Waals surface area (Å²) in [5, 5.41) is 8.65. The molecule has 0 spiro atoms. The number of rotatable bonds is 2. The molecule has 0 bridgehead atoms. The number of aryl methyl sites for hydroxylation is 1. The molecule has 0 saturated heterocycles. The van der Waals surface area contributed by atoms with Crippen LogP contribution in [0, 0.1) is 18.3 Å². The maximum absolute atomic E-state index is 8.65. The largest absolute Gasteiger partial charge is 0.328 e. The Hall–Kier alpha value is -2.41.